The first-order chi connectivity index (χ1) is 4.39. The van der Waals surface area contributed by atoms with Crippen LogP contribution in [0, 0.1) is 0 Å². The second-order valence-corrected chi connectivity index (χ2v) is 2.15. The first-order valence-electron chi connectivity index (χ1n) is 3.25. The Morgan fingerprint density at radius 3 is 3.11 bits per heavy atom. The van der Waals surface area contributed by atoms with E-state index in [0.29, 0.717) is 6.42 Å². The Morgan fingerprint density at radius 2 is 2.22 bits per heavy atom. The van der Waals surface area contributed by atoms with Crippen LogP contribution in [0.25, 0.3) is 0 Å². The van der Waals surface area contributed by atoms with Crippen molar-refractivity contribution in [3.05, 3.63) is 24.3 Å². The van der Waals surface area contributed by atoms with Gasteiger partial charge in [0.15, 0.2) is 5.78 Å². The van der Waals surface area contributed by atoms with Crippen LogP contribution in [0.4, 0.5) is 0 Å². The molecule has 0 saturated carbocycles. The van der Waals surface area contributed by atoms with E-state index in [9.17, 15) is 4.79 Å². The lowest BCUT2D eigenvalue weighted by atomic mass is 10.1. The molecule has 0 spiro atoms. The Kier molecular flexibility index (Phi) is 2.25. The summed E-state index contributed by atoms with van der Waals surface area (Å²) < 4.78 is 0. The molecule has 0 bridgehead atoms. The number of rotatable bonds is 0. The molecular formula is C8H10O. The van der Waals surface area contributed by atoms with Gasteiger partial charge in [-0.15, -0.1) is 0 Å². The molecule has 0 aromatic carbocycles. The lowest BCUT2D eigenvalue weighted by Crippen LogP contribution is -1.92. The Hall–Kier alpha value is -0.850. The molecule has 0 unspecified atom stereocenters. The fourth-order valence-corrected chi connectivity index (χ4v) is 0.815. The van der Waals surface area contributed by atoms with Crippen LogP contribution in [0.5, 0.6) is 0 Å². The topological polar surface area (TPSA) is 17.1 Å². The van der Waals surface area contributed by atoms with Gasteiger partial charge < -0.3 is 0 Å². The zero-order valence-corrected chi connectivity index (χ0v) is 5.34. The van der Waals surface area contributed by atoms with Crippen molar-refractivity contribution in [1.29, 1.82) is 0 Å². The molecule has 1 aliphatic carbocycles. The third-order valence-corrected chi connectivity index (χ3v) is 1.32. The Bertz CT molecular complexity index is 154. The van der Waals surface area contributed by atoms with Crippen LogP contribution in [0.1, 0.15) is 19.3 Å². The molecule has 0 aromatic heterocycles. The van der Waals surface area contributed by atoms with Crippen LogP contribution in [-0.2, 0) is 4.79 Å². The highest BCUT2D eigenvalue weighted by Crippen LogP contribution is 2.01. The molecule has 0 fully saturated rings. The van der Waals surface area contributed by atoms with Crippen molar-refractivity contribution in [2.75, 3.05) is 0 Å². The van der Waals surface area contributed by atoms with Gasteiger partial charge in [0.05, 0.1) is 0 Å². The molecule has 0 aromatic rings. The van der Waals surface area contributed by atoms with Gasteiger partial charge in [-0.05, 0) is 18.9 Å². The summed E-state index contributed by atoms with van der Waals surface area (Å²) in [4.78, 5) is 10.7. The van der Waals surface area contributed by atoms with Crippen LogP contribution in [0.3, 0.4) is 0 Å². The Morgan fingerprint density at radius 1 is 1.33 bits per heavy atom. The Labute approximate surface area is 55.1 Å². The summed E-state index contributed by atoms with van der Waals surface area (Å²) in [6, 6.07) is 0. The second kappa shape index (κ2) is 3.23. The maximum atomic E-state index is 10.7. The summed E-state index contributed by atoms with van der Waals surface area (Å²) >= 11 is 0. The van der Waals surface area contributed by atoms with Crippen LogP contribution < -0.4 is 0 Å². The summed E-state index contributed by atoms with van der Waals surface area (Å²) in [5.74, 6) is 0.249. The average Bonchev–Trinajstić information content (AvgIpc) is 1.79. The van der Waals surface area contributed by atoms with Crippen molar-refractivity contribution >= 4 is 5.78 Å². The van der Waals surface area contributed by atoms with Gasteiger partial charge in [0.2, 0.25) is 0 Å². The summed E-state index contributed by atoms with van der Waals surface area (Å²) in [6.45, 7) is 0. The lowest BCUT2D eigenvalue weighted by Gasteiger charge is -1.94. The summed E-state index contributed by atoms with van der Waals surface area (Å²) in [5, 5.41) is 0. The summed E-state index contributed by atoms with van der Waals surface area (Å²) in [7, 11) is 0. The molecule has 0 aliphatic heterocycles. The van der Waals surface area contributed by atoms with Crippen molar-refractivity contribution < 1.29 is 4.79 Å². The van der Waals surface area contributed by atoms with Crippen LogP contribution >= 0.6 is 0 Å². The zero-order valence-electron chi connectivity index (χ0n) is 5.34. The standard InChI is InChI=1S/C8H10O/c9-8-6-4-2-1-3-5-7-8/h1-2,4,6H,3,5,7H2. The maximum absolute atomic E-state index is 10.7. The van der Waals surface area contributed by atoms with Gasteiger partial charge in [-0.3, -0.25) is 4.79 Å². The lowest BCUT2D eigenvalue weighted by molar-refractivity contribution is -0.114. The first-order valence-corrected chi connectivity index (χ1v) is 3.25. The van der Waals surface area contributed by atoms with E-state index >= 15 is 0 Å². The molecule has 1 heteroatoms. The molecule has 9 heavy (non-hydrogen) atoms. The first kappa shape index (κ1) is 6.27. The van der Waals surface area contributed by atoms with Gasteiger partial charge in [-0.25, -0.2) is 0 Å². The van der Waals surface area contributed by atoms with Gasteiger partial charge in [-0.2, -0.15) is 0 Å². The molecule has 0 amide bonds. The van der Waals surface area contributed by atoms with E-state index in [-0.39, 0.29) is 5.78 Å². The van der Waals surface area contributed by atoms with Crippen LogP contribution in [0.2, 0.25) is 0 Å². The van der Waals surface area contributed by atoms with Crippen molar-refractivity contribution in [1.82, 2.24) is 0 Å². The van der Waals surface area contributed by atoms with Gasteiger partial charge in [-0.1, -0.05) is 18.2 Å². The molecule has 0 saturated heterocycles. The molecule has 0 N–H and O–H groups in total. The molecule has 0 heterocycles. The molecular weight excluding hydrogens is 112 g/mol. The largest absolute Gasteiger partial charge is 0.295 e. The van der Waals surface area contributed by atoms with E-state index in [1.54, 1.807) is 6.08 Å². The monoisotopic (exact) mass is 122 g/mol. The van der Waals surface area contributed by atoms with Gasteiger partial charge in [0, 0.05) is 6.42 Å². The SMILES string of the molecule is O=C1C=CC=CCCC1. The highest BCUT2D eigenvalue weighted by atomic mass is 16.1. The predicted octanol–water partition coefficient (Wildman–Crippen LogP) is 1.85. The van der Waals surface area contributed by atoms with Crippen molar-refractivity contribution in [3.8, 4) is 0 Å². The number of allylic oxidation sites excluding steroid dienone is 4. The minimum atomic E-state index is 0.249. The molecule has 1 nitrogen and oxygen atoms in total. The van der Waals surface area contributed by atoms with Gasteiger partial charge in [0.1, 0.15) is 0 Å². The van der Waals surface area contributed by atoms with Gasteiger partial charge in [0.25, 0.3) is 0 Å². The van der Waals surface area contributed by atoms with Crippen molar-refractivity contribution in [2.45, 2.75) is 19.3 Å². The molecule has 48 valence electrons. The van der Waals surface area contributed by atoms with E-state index in [1.165, 1.54) is 0 Å². The smallest absolute Gasteiger partial charge is 0.155 e. The van der Waals surface area contributed by atoms with Crippen molar-refractivity contribution in [3.63, 3.8) is 0 Å². The highest BCUT2D eigenvalue weighted by Gasteiger charge is 1.95. The third kappa shape index (κ3) is 2.27. The quantitative estimate of drug-likeness (QED) is 0.479. The van der Waals surface area contributed by atoms with E-state index in [1.807, 2.05) is 12.2 Å². The number of hydrogen-bond donors (Lipinski definition) is 0. The number of carbonyl (C=O) groups is 1. The normalized spacial score (nSPS) is 19.3. The van der Waals surface area contributed by atoms with Crippen LogP contribution in [-0.4, -0.2) is 5.78 Å². The fraction of sp³-hybridized carbons (Fsp3) is 0.375. The third-order valence-electron chi connectivity index (χ3n) is 1.32. The van der Waals surface area contributed by atoms with Gasteiger partial charge >= 0.3 is 0 Å². The van der Waals surface area contributed by atoms with E-state index in [0.717, 1.165) is 12.8 Å². The second-order valence-electron chi connectivity index (χ2n) is 2.15. The van der Waals surface area contributed by atoms with E-state index < -0.39 is 0 Å². The predicted molar refractivity (Wildman–Crippen MR) is 37.1 cm³/mol. The van der Waals surface area contributed by atoms with E-state index in [2.05, 4.69) is 6.08 Å². The molecule has 0 atom stereocenters. The highest BCUT2D eigenvalue weighted by molar-refractivity contribution is 5.89. The molecule has 1 rings (SSSR count). The molecule has 1 aliphatic rings. The fourth-order valence-electron chi connectivity index (χ4n) is 0.815. The minimum Gasteiger partial charge on any atom is -0.295 e. The molecule has 0 radical (unpaired) electrons. The van der Waals surface area contributed by atoms with E-state index in [4.69, 9.17) is 0 Å². The van der Waals surface area contributed by atoms with Crippen LogP contribution in [0.15, 0.2) is 24.3 Å². The number of carbonyl (C=O) groups excluding carboxylic acids is 1. The summed E-state index contributed by atoms with van der Waals surface area (Å²) in [6.07, 6.45) is 10.2. The summed E-state index contributed by atoms with van der Waals surface area (Å²) in [5.41, 5.74) is 0. The average molecular weight is 122 g/mol. The Balaban J connectivity index is 2.54. The number of hydrogen-bond acceptors (Lipinski definition) is 1. The zero-order chi connectivity index (χ0) is 6.53. The minimum absolute atomic E-state index is 0.249. The van der Waals surface area contributed by atoms with Crippen molar-refractivity contribution in [2.24, 2.45) is 0 Å². The number of ketones is 1. The maximum Gasteiger partial charge on any atom is 0.155 e.